The van der Waals surface area contributed by atoms with E-state index in [1.54, 1.807) is 4.57 Å². The molecule has 1 saturated heterocycles. The SMILES string of the molecule is CC1CC(=O)Nc2ncnc(N3CCC(c4nc(CC(F)(F)F)cn4CCOS(C)(=O)=O)CC3)c21. The van der Waals surface area contributed by atoms with Crippen LogP contribution in [0.15, 0.2) is 12.5 Å². The Balaban J connectivity index is 1.51. The monoisotopic (exact) mass is 516 g/mol. The maximum atomic E-state index is 13.0. The Morgan fingerprint density at radius 3 is 2.60 bits per heavy atom. The maximum Gasteiger partial charge on any atom is 0.394 e. The van der Waals surface area contributed by atoms with Crippen LogP contribution in [-0.4, -0.2) is 66.0 Å². The molecule has 1 atom stereocenters. The van der Waals surface area contributed by atoms with Crippen LogP contribution in [-0.2, 0) is 32.1 Å². The summed E-state index contributed by atoms with van der Waals surface area (Å²) in [6, 6.07) is 0. The van der Waals surface area contributed by atoms with Gasteiger partial charge in [-0.2, -0.15) is 21.6 Å². The van der Waals surface area contributed by atoms with Gasteiger partial charge in [0.05, 0.1) is 25.0 Å². The number of carbonyl (C=O) groups is 1. The highest BCUT2D eigenvalue weighted by molar-refractivity contribution is 7.85. The number of anilines is 2. The number of fused-ring (bicyclic) bond motifs is 1. The molecule has 1 unspecified atom stereocenters. The van der Waals surface area contributed by atoms with E-state index in [9.17, 15) is 26.4 Å². The lowest BCUT2D eigenvalue weighted by Crippen LogP contribution is -2.36. The Morgan fingerprint density at radius 2 is 1.94 bits per heavy atom. The Hall–Kier alpha value is -2.74. The van der Waals surface area contributed by atoms with Gasteiger partial charge < -0.3 is 14.8 Å². The number of aromatic nitrogens is 4. The molecular weight excluding hydrogens is 489 g/mol. The van der Waals surface area contributed by atoms with Gasteiger partial charge in [-0.1, -0.05) is 6.92 Å². The molecule has 14 heteroatoms. The van der Waals surface area contributed by atoms with E-state index in [1.807, 2.05) is 6.92 Å². The van der Waals surface area contributed by atoms with Gasteiger partial charge in [-0.05, 0) is 18.8 Å². The Bertz CT molecular complexity index is 1190. The number of hydrogen-bond donors (Lipinski definition) is 1. The third-order valence-corrected chi connectivity index (χ3v) is 6.73. The first-order chi connectivity index (χ1) is 16.4. The van der Waals surface area contributed by atoms with Crippen LogP contribution in [0.25, 0.3) is 0 Å². The van der Waals surface area contributed by atoms with Crippen LogP contribution < -0.4 is 10.2 Å². The van der Waals surface area contributed by atoms with E-state index < -0.39 is 22.7 Å². The van der Waals surface area contributed by atoms with Crippen molar-refractivity contribution in [2.75, 3.05) is 36.2 Å². The molecule has 1 N–H and O–H groups in total. The Kier molecular flexibility index (Phi) is 7.04. The van der Waals surface area contributed by atoms with E-state index in [1.165, 1.54) is 12.5 Å². The summed E-state index contributed by atoms with van der Waals surface area (Å²) in [5.41, 5.74) is 0.779. The van der Waals surface area contributed by atoms with E-state index in [4.69, 9.17) is 4.18 Å². The predicted octanol–water partition coefficient (Wildman–Crippen LogP) is 2.58. The molecule has 4 rings (SSSR count). The van der Waals surface area contributed by atoms with Gasteiger partial charge in [0.2, 0.25) is 5.91 Å². The number of halogens is 3. The second-order valence-electron chi connectivity index (χ2n) is 8.98. The highest BCUT2D eigenvalue weighted by atomic mass is 32.2. The first kappa shape index (κ1) is 25.4. The van der Waals surface area contributed by atoms with Crippen molar-refractivity contribution in [2.24, 2.45) is 0 Å². The summed E-state index contributed by atoms with van der Waals surface area (Å²) in [5.74, 6) is 1.52. The molecule has 2 aromatic heterocycles. The van der Waals surface area contributed by atoms with Crippen molar-refractivity contribution in [2.45, 2.75) is 57.2 Å². The summed E-state index contributed by atoms with van der Waals surface area (Å²) in [6.07, 6.45) is -0.313. The highest BCUT2D eigenvalue weighted by Crippen LogP contribution is 2.38. The second kappa shape index (κ2) is 9.72. The van der Waals surface area contributed by atoms with Gasteiger partial charge in [-0.15, -0.1) is 0 Å². The average molecular weight is 517 g/mol. The lowest BCUT2D eigenvalue weighted by Gasteiger charge is -2.35. The molecule has 0 aliphatic carbocycles. The molecule has 1 fully saturated rings. The van der Waals surface area contributed by atoms with Crippen LogP contribution in [0.1, 0.15) is 55.1 Å². The van der Waals surface area contributed by atoms with Crippen molar-refractivity contribution in [1.29, 1.82) is 0 Å². The van der Waals surface area contributed by atoms with Crippen LogP contribution in [0.3, 0.4) is 0 Å². The minimum atomic E-state index is -4.40. The maximum absolute atomic E-state index is 13.0. The van der Waals surface area contributed by atoms with E-state index in [-0.39, 0.29) is 36.6 Å². The number of hydrogen-bond acceptors (Lipinski definition) is 8. The Morgan fingerprint density at radius 1 is 1.23 bits per heavy atom. The van der Waals surface area contributed by atoms with E-state index in [2.05, 4.69) is 25.2 Å². The first-order valence-electron chi connectivity index (χ1n) is 11.3. The molecule has 0 radical (unpaired) electrons. The highest BCUT2D eigenvalue weighted by Gasteiger charge is 2.33. The lowest BCUT2D eigenvalue weighted by atomic mass is 9.92. The quantitative estimate of drug-likeness (QED) is 0.558. The minimum Gasteiger partial charge on any atom is -0.356 e. The first-order valence-corrected chi connectivity index (χ1v) is 13.1. The zero-order valence-corrected chi connectivity index (χ0v) is 20.2. The lowest BCUT2D eigenvalue weighted by molar-refractivity contribution is -0.127. The van der Waals surface area contributed by atoms with Crippen molar-refractivity contribution in [3.63, 3.8) is 0 Å². The third kappa shape index (κ3) is 6.28. The largest absolute Gasteiger partial charge is 0.394 e. The number of imidazole rings is 1. The molecule has 0 spiro atoms. The van der Waals surface area contributed by atoms with E-state index in [0.29, 0.717) is 44.0 Å². The van der Waals surface area contributed by atoms with Crippen molar-refractivity contribution < 1.29 is 30.6 Å². The summed E-state index contributed by atoms with van der Waals surface area (Å²) in [6.45, 7) is 3.02. The van der Waals surface area contributed by atoms with Crippen LogP contribution in [0.5, 0.6) is 0 Å². The fraction of sp³-hybridized carbons (Fsp3) is 0.619. The molecule has 4 heterocycles. The number of piperidine rings is 1. The molecular formula is C21H27F3N6O4S. The molecule has 2 aliphatic heterocycles. The molecule has 2 aromatic rings. The molecule has 192 valence electrons. The van der Waals surface area contributed by atoms with Gasteiger partial charge in [-0.3, -0.25) is 8.98 Å². The van der Waals surface area contributed by atoms with Crippen LogP contribution in [0.2, 0.25) is 0 Å². The number of rotatable bonds is 7. The van der Waals surface area contributed by atoms with Crippen molar-refractivity contribution in [3.05, 3.63) is 29.6 Å². The normalized spacial score (nSPS) is 19.5. The summed E-state index contributed by atoms with van der Waals surface area (Å²) in [4.78, 5) is 26.9. The Labute approximate surface area is 201 Å². The zero-order valence-electron chi connectivity index (χ0n) is 19.4. The molecule has 2 aliphatic rings. The standard InChI is InChI=1S/C21H27F3N6O4S/c1-13-9-16(31)28-18-17(13)20(26-12-25-18)29-5-3-14(4-6-29)19-27-15(10-21(22,23)24)11-30(19)7-8-34-35(2,32)33/h11-14H,3-10H2,1-2H3,(H,25,26,28,31). The molecule has 10 nitrogen and oxygen atoms in total. The molecule has 0 saturated carbocycles. The molecule has 35 heavy (non-hydrogen) atoms. The van der Waals surface area contributed by atoms with Gasteiger partial charge in [-0.25, -0.2) is 15.0 Å². The predicted molar refractivity (Wildman–Crippen MR) is 121 cm³/mol. The number of amides is 1. The van der Waals surface area contributed by atoms with Gasteiger partial charge in [0.15, 0.2) is 0 Å². The summed E-state index contributed by atoms with van der Waals surface area (Å²) >= 11 is 0. The van der Waals surface area contributed by atoms with Crippen LogP contribution in [0.4, 0.5) is 24.8 Å². The zero-order chi connectivity index (χ0) is 25.4. The van der Waals surface area contributed by atoms with E-state index in [0.717, 1.165) is 17.6 Å². The fourth-order valence-corrected chi connectivity index (χ4v) is 5.05. The third-order valence-electron chi connectivity index (χ3n) is 6.13. The van der Waals surface area contributed by atoms with Gasteiger partial charge in [0.1, 0.15) is 23.8 Å². The van der Waals surface area contributed by atoms with Crippen molar-refractivity contribution >= 4 is 27.7 Å². The number of carbonyl (C=O) groups excluding carboxylic acids is 1. The molecule has 0 aromatic carbocycles. The van der Waals surface area contributed by atoms with Gasteiger partial charge >= 0.3 is 6.18 Å². The number of nitrogens with one attached hydrogen (secondary N) is 1. The fourth-order valence-electron chi connectivity index (χ4n) is 4.67. The topological polar surface area (TPSA) is 119 Å². The van der Waals surface area contributed by atoms with Crippen molar-refractivity contribution in [3.8, 4) is 0 Å². The molecule has 1 amide bonds. The number of nitrogens with zero attached hydrogens (tertiary/aromatic N) is 5. The minimum absolute atomic E-state index is 0.0358. The summed E-state index contributed by atoms with van der Waals surface area (Å²) in [7, 11) is -3.67. The summed E-state index contributed by atoms with van der Waals surface area (Å²) < 4.78 is 67.8. The van der Waals surface area contributed by atoms with Crippen LogP contribution >= 0.6 is 0 Å². The summed E-state index contributed by atoms with van der Waals surface area (Å²) in [5, 5.41) is 2.79. The average Bonchev–Trinajstić information content (AvgIpc) is 3.13. The number of alkyl halides is 3. The second-order valence-corrected chi connectivity index (χ2v) is 10.6. The van der Waals surface area contributed by atoms with Crippen LogP contribution in [0, 0.1) is 0 Å². The van der Waals surface area contributed by atoms with E-state index >= 15 is 0 Å². The molecule has 0 bridgehead atoms. The smallest absolute Gasteiger partial charge is 0.356 e. The van der Waals surface area contributed by atoms with Gasteiger partial charge in [0.25, 0.3) is 10.1 Å². The van der Waals surface area contributed by atoms with Gasteiger partial charge in [0, 0.05) is 43.7 Å². The van der Waals surface area contributed by atoms with Crippen molar-refractivity contribution in [1.82, 2.24) is 19.5 Å².